The lowest BCUT2D eigenvalue weighted by Crippen LogP contribution is -2.51. The van der Waals surface area contributed by atoms with Gasteiger partial charge in [0, 0.05) is 45.2 Å². The van der Waals surface area contributed by atoms with Gasteiger partial charge in [0.05, 0.1) is 5.69 Å². The lowest BCUT2D eigenvalue weighted by Gasteiger charge is -2.25. The van der Waals surface area contributed by atoms with E-state index in [1.54, 1.807) is 11.9 Å². The Balaban J connectivity index is 1.20. The predicted octanol–water partition coefficient (Wildman–Crippen LogP) is -0.202. The number of fused-ring (bicyclic) bond motifs is 1. The highest BCUT2D eigenvalue weighted by Gasteiger charge is 2.33. The molecule has 0 spiro atoms. The molecule has 3 N–H and O–H groups in total. The number of aryl methyl sites for hydroxylation is 1. The van der Waals surface area contributed by atoms with Gasteiger partial charge in [-0.25, -0.2) is 9.67 Å². The van der Waals surface area contributed by atoms with Gasteiger partial charge in [0.1, 0.15) is 18.5 Å². The van der Waals surface area contributed by atoms with Crippen molar-refractivity contribution in [2.24, 2.45) is 4.99 Å². The smallest absolute Gasteiger partial charge is 0.288 e. The van der Waals surface area contributed by atoms with Gasteiger partial charge in [0.2, 0.25) is 5.84 Å². The summed E-state index contributed by atoms with van der Waals surface area (Å²) < 4.78 is 1.87. The highest BCUT2D eigenvalue weighted by molar-refractivity contribution is 6.38. The molecule has 162 valence electrons. The summed E-state index contributed by atoms with van der Waals surface area (Å²) in [5.74, 6) is 0.888. The van der Waals surface area contributed by atoms with Gasteiger partial charge in [-0.1, -0.05) is 30.3 Å². The van der Waals surface area contributed by atoms with E-state index in [1.807, 2.05) is 46.1 Å². The minimum Gasteiger partial charge on any atom is -0.337 e. The molecular weight excluding hydrogens is 396 g/mol. The molecule has 0 radical (unpaired) electrons. The zero-order valence-electron chi connectivity index (χ0n) is 17.4. The molecule has 31 heavy (non-hydrogen) atoms. The lowest BCUT2D eigenvalue weighted by molar-refractivity contribution is -0.124. The molecule has 0 unspecified atom stereocenters. The van der Waals surface area contributed by atoms with Crippen molar-refractivity contribution < 1.29 is 9.59 Å². The normalized spacial score (nSPS) is 21.7. The summed E-state index contributed by atoms with van der Waals surface area (Å²) in [4.78, 5) is 31.6. The molecule has 1 aromatic carbocycles. The van der Waals surface area contributed by atoms with Crippen LogP contribution in [0.4, 0.5) is 5.82 Å². The van der Waals surface area contributed by atoms with Crippen LogP contribution in [0, 0.1) is 0 Å². The van der Waals surface area contributed by atoms with Gasteiger partial charge in [0.25, 0.3) is 11.8 Å². The molecule has 4 heterocycles. The second-order valence-corrected chi connectivity index (χ2v) is 8.16. The Hall–Kier alpha value is -3.24. The Morgan fingerprint density at radius 1 is 1.26 bits per heavy atom. The molecule has 10 nitrogen and oxygen atoms in total. The van der Waals surface area contributed by atoms with E-state index in [-0.39, 0.29) is 17.6 Å². The van der Waals surface area contributed by atoms with Crippen molar-refractivity contribution in [3.63, 3.8) is 0 Å². The Labute approximate surface area is 180 Å². The van der Waals surface area contributed by atoms with Crippen LogP contribution in [0.15, 0.2) is 41.4 Å². The molecular formula is C21H26N8O2. The number of rotatable bonds is 5. The molecule has 0 saturated carbocycles. The lowest BCUT2D eigenvalue weighted by atomic mass is 10.00. The molecule has 1 saturated heterocycles. The number of aromatic nitrogens is 2. The second-order valence-electron chi connectivity index (χ2n) is 8.16. The molecule has 0 aliphatic carbocycles. The van der Waals surface area contributed by atoms with Gasteiger partial charge in [0.15, 0.2) is 0 Å². The zero-order chi connectivity index (χ0) is 21.4. The molecule has 1 aromatic heterocycles. The van der Waals surface area contributed by atoms with Crippen LogP contribution in [-0.4, -0.2) is 65.3 Å². The predicted molar refractivity (Wildman–Crippen MR) is 115 cm³/mol. The number of benzene rings is 1. The van der Waals surface area contributed by atoms with Crippen LogP contribution in [-0.2, 0) is 22.7 Å². The second kappa shape index (κ2) is 8.12. The van der Waals surface area contributed by atoms with E-state index in [9.17, 15) is 9.59 Å². The number of hydrogen-bond donors (Lipinski definition) is 3. The van der Waals surface area contributed by atoms with Crippen LogP contribution in [0.25, 0.3) is 0 Å². The van der Waals surface area contributed by atoms with Crippen LogP contribution in [0.3, 0.4) is 0 Å². The number of nitrogens with one attached hydrogen (secondary N) is 3. The third-order valence-corrected chi connectivity index (χ3v) is 5.98. The van der Waals surface area contributed by atoms with E-state index < -0.39 is 6.04 Å². The Bertz CT molecular complexity index is 1010. The van der Waals surface area contributed by atoms with Gasteiger partial charge >= 0.3 is 0 Å². The number of hydrazine groups is 1. The van der Waals surface area contributed by atoms with Crippen molar-refractivity contribution in [3.8, 4) is 0 Å². The first kappa shape index (κ1) is 19.7. The maximum atomic E-state index is 13.0. The van der Waals surface area contributed by atoms with Gasteiger partial charge in [-0.05, 0) is 12.0 Å². The van der Waals surface area contributed by atoms with Crippen molar-refractivity contribution in [2.75, 3.05) is 31.7 Å². The number of amidine groups is 1. The number of likely N-dealkylation sites (N-methyl/N-ethyl adjacent to an activating group) is 1. The van der Waals surface area contributed by atoms with Crippen molar-refractivity contribution in [1.29, 1.82) is 0 Å². The molecule has 2 aromatic rings. The van der Waals surface area contributed by atoms with E-state index in [1.165, 1.54) is 0 Å². The summed E-state index contributed by atoms with van der Waals surface area (Å²) in [5, 5.41) is 12.6. The van der Waals surface area contributed by atoms with Gasteiger partial charge in [-0.2, -0.15) is 10.1 Å². The van der Waals surface area contributed by atoms with Crippen LogP contribution in [0.5, 0.6) is 0 Å². The van der Waals surface area contributed by atoms with Crippen molar-refractivity contribution in [1.82, 2.24) is 30.8 Å². The zero-order valence-corrected chi connectivity index (χ0v) is 17.4. The number of hydrogen-bond acceptors (Lipinski definition) is 7. The first-order valence-corrected chi connectivity index (χ1v) is 10.6. The molecule has 1 atom stereocenters. The third kappa shape index (κ3) is 3.91. The fourth-order valence-corrected chi connectivity index (χ4v) is 4.03. The topological polar surface area (TPSA) is 107 Å². The van der Waals surface area contributed by atoms with E-state index in [2.05, 4.69) is 26.2 Å². The Morgan fingerprint density at radius 2 is 2.06 bits per heavy atom. The summed E-state index contributed by atoms with van der Waals surface area (Å²) in [7, 11) is 1.73. The van der Waals surface area contributed by atoms with E-state index in [0.717, 1.165) is 30.2 Å². The number of carbonyl (C=O) groups excluding carboxylic acids is 2. The first-order valence-electron chi connectivity index (χ1n) is 10.6. The number of anilines is 1. The molecule has 1 fully saturated rings. The number of amides is 2. The molecule has 5 rings (SSSR count). The van der Waals surface area contributed by atoms with Crippen LogP contribution in [0.1, 0.15) is 23.6 Å². The molecule has 10 heteroatoms. The highest BCUT2D eigenvalue weighted by atomic mass is 16.2. The first-order chi connectivity index (χ1) is 15.1. The minimum absolute atomic E-state index is 0.148. The van der Waals surface area contributed by atoms with E-state index in [0.29, 0.717) is 32.1 Å². The standard InChI is InChI=1S/C21H26N8O2/c1-27-18-9-17(15-10-22-11-15)25-29(18)8-7-16(21(27)31)24-20(30)19-23-13-28(26-19)12-14-5-3-2-4-6-14/h2-6,9,15-16,22H,7-8,10-13H2,1H3,(H,23,26)(H,24,30)/t16-/m0/s1. The number of carbonyl (C=O) groups is 2. The minimum atomic E-state index is -0.624. The number of nitrogens with zero attached hydrogens (tertiary/aromatic N) is 5. The molecule has 3 aliphatic rings. The van der Waals surface area contributed by atoms with E-state index in [4.69, 9.17) is 0 Å². The SMILES string of the molecule is CN1C(=O)[C@@H](NC(=O)C2=NCN(Cc3ccccc3)N2)CCn2nc(C3CNC3)cc21. The van der Waals surface area contributed by atoms with Crippen LogP contribution < -0.4 is 21.0 Å². The third-order valence-electron chi connectivity index (χ3n) is 5.98. The van der Waals surface area contributed by atoms with Gasteiger partial charge in [-0.15, -0.1) is 0 Å². The largest absolute Gasteiger partial charge is 0.337 e. The number of aliphatic imine (C=N–C) groups is 1. The van der Waals surface area contributed by atoms with Crippen LogP contribution >= 0.6 is 0 Å². The van der Waals surface area contributed by atoms with Gasteiger partial charge < -0.3 is 10.6 Å². The van der Waals surface area contributed by atoms with Crippen molar-refractivity contribution in [3.05, 3.63) is 47.7 Å². The quantitative estimate of drug-likeness (QED) is 0.616. The maximum absolute atomic E-state index is 13.0. The summed E-state index contributed by atoms with van der Waals surface area (Å²) in [6.45, 7) is 3.42. The van der Waals surface area contributed by atoms with Gasteiger partial charge in [-0.3, -0.25) is 19.9 Å². The fraction of sp³-hybridized carbons (Fsp3) is 0.429. The summed E-state index contributed by atoms with van der Waals surface area (Å²) >= 11 is 0. The maximum Gasteiger partial charge on any atom is 0.288 e. The molecule has 2 amide bonds. The highest BCUT2D eigenvalue weighted by Crippen LogP contribution is 2.26. The average Bonchev–Trinajstić information content (AvgIpc) is 3.34. The summed E-state index contributed by atoms with van der Waals surface area (Å²) in [6, 6.07) is 11.3. The summed E-state index contributed by atoms with van der Waals surface area (Å²) in [6.07, 6.45) is 0.479. The van der Waals surface area contributed by atoms with Crippen molar-refractivity contribution >= 4 is 23.5 Å². The summed E-state index contributed by atoms with van der Waals surface area (Å²) in [5.41, 5.74) is 5.18. The van der Waals surface area contributed by atoms with Crippen molar-refractivity contribution in [2.45, 2.75) is 31.5 Å². The average molecular weight is 422 g/mol. The molecule has 3 aliphatic heterocycles. The monoisotopic (exact) mass is 422 g/mol. The van der Waals surface area contributed by atoms with Crippen LogP contribution in [0.2, 0.25) is 0 Å². The Morgan fingerprint density at radius 3 is 2.81 bits per heavy atom. The molecule has 0 bridgehead atoms. The van der Waals surface area contributed by atoms with E-state index >= 15 is 0 Å². The Kier molecular flexibility index (Phi) is 5.16. The fourth-order valence-electron chi connectivity index (χ4n) is 4.03.